The van der Waals surface area contributed by atoms with E-state index in [1.807, 2.05) is 61.5 Å². The zero-order chi connectivity index (χ0) is 34.0. The minimum absolute atomic E-state index is 0.0557. The summed E-state index contributed by atoms with van der Waals surface area (Å²) < 4.78 is 41.1. The molecule has 47 heavy (non-hydrogen) atoms. The summed E-state index contributed by atoms with van der Waals surface area (Å²) in [5, 5.41) is 3.34. The van der Waals surface area contributed by atoms with Gasteiger partial charge in [0.15, 0.2) is 11.5 Å². The molecule has 4 rings (SSSR count). The van der Waals surface area contributed by atoms with Gasteiger partial charge in [-0.3, -0.25) is 13.9 Å². The number of carbonyl (C=O) groups is 2. The van der Waals surface area contributed by atoms with Gasteiger partial charge < -0.3 is 19.7 Å². The van der Waals surface area contributed by atoms with E-state index in [2.05, 4.69) is 21.2 Å². The van der Waals surface area contributed by atoms with Crippen LogP contribution in [-0.2, 0) is 32.6 Å². The molecule has 0 fully saturated rings. The van der Waals surface area contributed by atoms with E-state index in [-0.39, 0.29) is 35.2 Å². The average molecular weight is 743 g/mol. The molecule has 0 saturated carbocycles. The second-order valence-electron chi connectivity index (χ2n) is 10.7. The van der Waals surface area contributed by atoms with Gasteiger partial charge in [0.05, 0.1) is 24.8 Å². The normalized spacial score (nSPS) is 11.8. The van der Waals surface area contributed by atoms with Crippen molar-refractivity contribution in [1.82, 2.24) is 10.2 Å². The fourth-order valence-corrected chi connectivity index (χ4v) is 7.00. The largest absolute Gasteiger partial charge is 0.493 e. The lowest BCUT2D eigenvalue weighted by molar-refractivity contribution is -0.140. The number of halogens is 2. The topological polar surface area (TPSA) is 105 Å². The number of benzene rings is 4. The molecule has 0 spiro atoms. The minimum Gasteiger partial charge on any atom is -0.493 e. The first-order chi connectivity index (χ1) is 22.6. The van der Waals surface area contributed by atoms with Gasteiger partial charge in [-0.25, -0.2) is 8.42 Å². The van der Waals surface area contributed by atoms with Crippen LogP contribution in [0.2, 0.25) is 5.02 Å². The second kappa shape index (κ2) is 16.7. The number of carbonyl (C=O) groups excluding carboxylic acids is 2. The predicted octanol–water partition coefficient (Wildman–Crippen LogP) is 6.48. The number of nitrogens with one attached hydrogen (secondary N) is 1. The first-order valence-electron chi connectivity index (χ1n) is 14.9. The maximum Gasteiger partial charge on any atom is 0.264 e. The summed E-state index contributed by atoms with van der Waals surface area (Å²) >= 11 is 9.65. The molecule has 0 aliphatic carbocycles. The third-order valence-corrected chi connectivity index (χ3v) is 9.91. The molecule has 1 N–H and O–H groups in total. The van der Waals surface area contributed by atoms with E-state index < -0.39 is 28.5 Å². The molecule has 2 amide bonds. The summed E-state index contributed by atoms with van der Waals surface area (Å²) in [6.07, 6.45) is 0.927. The first kappa shape index (κ1) is 35.8. The summed E-state index contributed by atoms with van der Waals surface area (Å²) in [7, 11) is -1.49. The van der Waals surface area contributed by atoms with Crippen LogP contribution in [0, 0.1) is 0 Å². The van der Waals surface area contributed by atoms with Gasteiger partial charge in [-0.15, -0.1) is 0 Å². The van der Waals surface area contributed by atoms with E-state index in [1.165, 1.54) is 49.5 Å². The van der Waals surface area contributed by atoms with Gasteiger partial charge in [-0.2, -0.15) is 0 Å². The van der Waals surface area contributed by atoms with Crippen LogP contribution in [0.5, 0.6) is 11.5 Å². The monoisotopic (exact) mass is 741 g/mol. The van der Waals surface area contributed by atoms with Crippen LogP contribution < -0.4 is 19.1 Å². The Morgan fingerprint density at radius 1 is 0.872 bits per heavy atom. The van der Waals surface area contributed by atoms with Crippen molar-refractivity contribution in [2.45, 2.75) is 37.2 Å². The van der Waals surface area contributed by atoms with E-state index in [0.717, 1.165) is 19.9 Å². The lowest BCUT2D eigenvalue weighted by Crippen LogP contribution is -2.53. The fourth-order valence-electron chi connectivity index (χ4n) is 4.99. The SMILES string of the molecule is CCCNC(=O)[C@@H](Cc1ccccc1)N(Cc1cccc(Br)c1)C(=O)CN(c1ccc(Cl)cc1)S(=O)(=O)c1ccc(OC)c(OC)c1. The molecule has 1 atom stereocenters. The van der Waals surface area contributed by atoms with Crippen LogP contribution in [0.15, 0.2) is 106 Å². The highest BCUT2D eigenvalue weighted by molar-refractivity contribution is 9.10. The summed E-state index contributed by atoms with van der Waals surface area (Å²) in [5.41, 5.74) is 1.83. The molecule has 0 bridgehead atoms. The summed E-state index contributed by atoms with van der Waals surface area (Å²) in [5.74, 6) is -0.346. The Morgan fingerprint density at radius 3 is 2.19 bits per heavy atom. The number of amides is 2. The predicted molar refractivity (Wildman–Crippen MR) is 187 cm³/mol. The Morgan fingerprint density at radius 2 is 1.55 bits per heavy atom. The van der Waals surface area contributed by atoms with Gasteiger partial charge in [0.25, 0.3) is 10.0 Å². The van der Waals surface area contributed by atoms with Crippen LogP contribution >= 0.6 is 27.5 Å². The number of anilines is 1. The third kappa shape index (κ3) is 9.27. The Hall–Kier alpha value is -4.06. The molecule has 0 aliphatic rings. The summed E-state index contributed by atoms with van der Waals surface area (Å²) in [6, 6.07) is 26.3. The molecule has 0 saturated heterocycles. The molecule has 0 heterocycles. The standard InChI is InChI=1S/C35H37BrClN3O6S/c1-4-19-38-35(42)31(21-25-9-6-5-7-10-25)39(23-26-11-8-12-27(36)20-26)34(41)24-40(29-15-13-28(37)14-16-29)47(43,44)30-17-18-32(45-2)33(22-30)46-3/h5-18,20,22,31H,4,19,21,23-24H2,1-3H3,(H,38,42)/t31-/m1/s1. The summed E-state index contributed by atoms with van der Waals surface area (Å²) in [4.78, 5) is 29.7. The highest BCUT2D eigenvalue weighted by Crippen LogP contribution is 2.33. The Bertz CT molecular complexity index is 1770. The lowest BCUT2D eigenvalue weighted by Gasteiger charge is -2.34. The number of sulfonamides is 1. The van der Waals surface area contributed by atoms with E-state index in [1.54, 1.807) is 12.1 Å². The van der Waals surface area contributed by atoms with Gasteiger partial charge in [0.2, 0.25) is 11.8 Å². The van der Waals surface area contributed by atoms with Crippen molar-refractivity contribution in [3.63, 3.8) is 0 Å². The van der Waals surface area contributed by atoms with Crippen molar-refractivity contribution in [1.29, 1.82) is 0 Å². The zero-order valence-electron chi connectivity index (χ0n) is 26.4. The number of nitrogens with zero attached hydrogens (tertiary/aromatic N) is 2. The van der Waals surface area contributed by atoms with Gasteiger partial charge in [-0.1, -0.05) is 76.9 Å². The van der Waals surface area contributed by atoms with Crippen molar-refractivity contribution in [2.24, 2.45) is 0 Å². The number of ether oxygens (including phenoxy) is 2. The van der Waals surface area contributed by atoms with Crippen LogP contribution in [0.4, 0.5) is 5.69 Å². The van der Waals surface area contributed by atoms with Crippen molar-refractivity contribution in [3.8, 4) is 11.5 Å². The quantitative estimate of drug-likeness (QED) is 0.150. The molecule has 0 aliphatic heterocycles. The molecule has 9 nitrogen and oxygen atoms in total. The molecule has 248 valence electrons. The maximum absolute atomic E-state index is 14.6. The number of rotatable bonds is 15. The first-order valence-corrected chi connectivity index (χ1v) is 17.5. The van der Waals surface area contributed by atoms with Crippen LogP contribution in [0.25, 0.3) is 0 Å². The number of methoxy groups -OCH3 is 2. The van der Waals surface area contributed by atoms with E-state index in [0.29, 0.717) is 23.7 Å². The minimum atomic E-state index is -4.35. The van der Waals surface area contributed by atoms with Crippen molar-refractivity contribution in [2.75, 3.05) is 31.6 Å². The maximum atomic E-state index is 14.6. The third-order valence-electron chi connectivity index (χ3n) is 7.40. The molecule has 0 unspecified atom stereocenters. The van der Waals surface area contributed by atoms with Crippen LogP contribution in [-0.4, -0.2) is 58.5 Å². The molecule has 4 aromatic rings. The van der Waals surface area contributed by atoms with Crippen molar-refractivity contribution < 1.29 is 27.5 Å². The van der Waals surface area contributed by atoms with Gasteiger partial charge in [0, 0.05) is 35.1 Å². The van der Waals surface area contributed by atoms with Crippen LogP contribution in [0.1, 0.15) is 24.5 Å². The van der Waals surface area contributed by atoms with Crippen molar-refractivity contribution >= 4 is 55.1 Å². The van der Waals surface area contributed by atoms with Gasteiger partial charge >= 0.3 is 0 Å². The molecule has 0 radical (unpaired) electrons. The molecule has 0 aromatic heterocycles. The van der Waals surface area contributed by atoms with E-state index in [4.69, 9.17) is 21.1 Å². The van der Waals surface area contributed by atoms with Crippen LogP contribution in [0.3, 0.4) is 0 Å². The molecular weight excluding hydrogens is 706 g/mol. The average Bonchev–Trinajstić information content (AvgIpc) is 3.08. The zero-order valence-corrected chi connectivity index (χ0v) is 29.5. The highest BCUT2D eigenvalue weighted by Gasteiger charge is 2.35. The Labute approximate surface area is 289 Å². The summed E-state index contributed by atoms with van der Waals surface area (Å²) in [6.45, 7) is 1.83. The fraction of sp³-hybridized carbons (Fsp3) is 0.257. The Balaban J connectivity index is 1.82. The number of hydrogen-bond donors (Lipinski definition) is 1. The van der Waals surface area contributed by atoms with Crippen molar-refractivity contribution in [3.05, 3.63) is 118 Å². The van der Waals surface area contributed by atoms with E-state index in [9.17, 15) is 18.0 Å². The van der Waals surface area contributed by atoms with E-state index >= 15 is 0 Å². The molecule has 12 heteroatoms. The van der Waals surface area contributed by atoms with Gasteiger partial charge in [0.1, 0.15) is 12.6 Å². The number of hydrogen-bond acceptors (Lipinski definition) is 6. The second-order valence-corrected chi connectivity index (χ2v) is 13.9. The smallest absolute Gasteiger partial charge is 0.264 e. The lowest BCUT2D eigenvalue weighted by atomic mass is 10.0. The van der Waals surface area contributed by atoms with Gasteiger partial charge in [-0.05, 0) is 66.1 Å². The molecular formula is C35H37BrClN3O6S. The molecule has 4 aromatic carbocycles. The Kier molecular flexibility index (Phi) is 12.7. The highest BCUT2D eigenvalue weighted by atomic mass is 79.9.